The third kappa shape index (κ3) is 4.69. The van der Waals surface area contributed by atoms with Crippen molar-refractivity contribution in [2.24, 2.45) is 0 Å². The molecule has 0 aliphatic heterocycles. The first-order chi connectivity index (χ1) is 12.2. The van der Waals surface area contributed by atoms with Crippen LogP contribution in [0.1, 0.15) is 41.1 Å². The molecule has 7 nitrogen and oxygen atoms in total. The predicted molar refractivity (Wildman–Crippen MR) is 92.7 cm³/mol. The molecule has 0 fully saturated rings. The monoisotopic (exact) mass is 336 g/mol. The molecule has 0 bridgehead atoms. The van der Waals surface area contributed by atoms with E-state index in [0.29, 0.717) is 5.69 Å². The molecular weight excluding hydrogens is 316 g/mol. The van der Waals surface area contributed by atoms with Crippen LogP contribution in [0, 0.1) is 0 Å². The van der Waals surface area contributed by atoms with Gasteiger partial charge in [0, 0.05) is 12.7 Å². The summed E-state index contributed by atoms with van der Waals surface area (Å²) in [5.74, 6) is -0.263. The Morgan fingerprint density at radius 1 is 1.24 bits per heavy atom. The van der Waals surface area contributed by atoms with Crippen LogP contribution in [0.25, 0.3) is 0 Å². The van der Waals surface area contributed by atoms with Crippen molar-refractivity contribution in [2.75, 3.05) is 0 Å². The van der Waals surface area contributed by atoms with Gasteiger partial charge in [-0.2, -0.15) is 0 Å². The highest BCUT2D eigenvalue weighted by atomic mass is 16.2. The van der Waals surface area contributed by atoms with Crippen LogP contribution in [-0.2, 0) is 13.0 Å². The summed E-state index contributed by atoms with van der Waals surface area (Å²) in [5, 5.41) is 10.8. The topological polar surface area (TPSA) is 85.6 Å². The van der Waals surface area contributed by atoms with Gasteiger partial charge in [-0.05, 0) is 31.4 Å². The fraction of sp³-hybridized carbons (Fsp3) is 0.278. The third-order valence-electron chi connectivity index (χ3n) is 3.86. The highest BCUT2D eigenvalue weighted by Crippen LogP contribution is 2.08. The number of aromatic nitrogens is 5. The molecule has 1 atom stereocenters. The maximum atomic E-state index is 12.3. The molecule has 3 rings (SSSR count). The van der Waals surface area contributed by atoms with Crippen LogP contribution in [0.4, 0.5) is 0 Å². The molecule has 0 aliphatic carbocycles. The molecule has 0 spiro atoms. The number of amides is 1. The Morgan fingerprint density at radius 3 is 2.84 bits per heavy atom. The Labute approximate surface area is 146 Å². The second-order valence-electron chi connectivity index (χ2n) is 5.79. The minimum atomic E-state index is -0.263. The molecule has 1 N–H and O–H groups in total. The van der Waals surface area contributed by atoms with Gasteiger partial charge in [0.15, 0.2) is 5.69 Å². The van der Waals surface area contributed by atoms with Crippen LogP contribution in [0.3, 0.4) is 0 Å². The molecule has 1 aromatic carbocycles. The fourth-order valence-electron chi connectivity index (χ4n) is 2.50. The average molecular weight is 336 g/mol. The van der Waals surface area contributed by atoms with E-state index >= 15 is 0 Å². The summed E-state index contributed by atoms with van der Waals surface area (Å²) < 4.78 is 1.70. The number of aryl methyl sites for hydroxylation is 2. The highest BCUT2D eigenvalue weighted by Gasteiger charge is 2.15. The standard InChI is InChI=1S/C18H20N6O/c1-14(16-9-10-19-13-20-16)21-18(25)17-12-24(23-22-17)11-5-8-15-6-3-2-4-7-15/h2-4,6-7,9-10,12-14H,5,8,11H2,1H3,(H,21,25)/t14-/m0/s1. The van der Waals surface area contributed by atoms with Crippen molar-refractivity contribution in [3.63, 3.8) is 0 Å². The summed E-state index contributed by atoms with van der Waals surface area (Å²) in [5.41, 5.74) is 2.35. The lowest BCUT2D eigenvalue weighted by atomic mass is 10.1. The van der Waals surface area contributed by atoms with Gasteiger partial charge in [-0.15, -0.1) is 5.10 Å². The number of hydrogen-bond acceptors (Lipinski definition) is 5. The van der Waals surface area contributed by atoms with Crippen LogP contribution in [-0.4, -0.2) is 30.9 Å². The van der Waals surface area contributed by atoms with E-state index < -0.39 is 0 Å². The van der Waals surface area contributed by atoms with Gasteiger partial charge in [0.25, 0.3) is 5.91 Å². The third-order valence-corrected chi connectivity index (χ3v) is 3.86. The van der Waals surface area contributed by atoms with E-state index in [9.17, 15) is 4.79 Å². The molecular formula is C18H20N6O. The van der Waals surface area contributed by atoms with Gasteiger partial charge in [-0.1, -0.05) is 35.5 Å². The lowest BCUT2D eigenvalue weighted by molar-refractivity contribution is 0.0934. The van der Waals surface area contributed by atoms with Gasteiger partial charge in [0.1, 0.15) is 6.33 Å². The van der Waals surface area contributed by atoms with Gasteiger partial charge in [0.05, 0.1) is 17.9 Å². The second kappa shape index (κ2) is 8.14. The van der Waals surface area contributed by atoms with Crippen molar-refractivity contribution in [3.8, 4) is 0 Å². The number of rotatable bonds is 7. The zero-order chi connectivity index (χ0) is 17.5. The van der Waals surface area contributed by atoms with Gasteiger partial charge in [0.2, 0.25) is 0 Å². The lowest BCUT2D eigenvalue weighted by Gasteiger charge is -2.11. The Balaban J connectivity index is 1.51. The summed E-state index contributed by atoms with van der Waals surface area (Å²) in [7, 11) is 0. The van der Waals surface area contributed by atoms with Crippen molar-refractivity contribution in [1.82, 2.24) is 30.3 Å². The van der Waals surface area contributed by atoms with Crippen molar-refractivity contribution >= 4 is 5.91 Å². The molecule has 1 amide bonds. The summed E-state index contributed by atoms with van der Waals surface area (Å²) in [6.45, 7) is 2.58. The number of benzene rings is 1. The largest absolute Gasteiger partial charge is 0.342 e. The first kappa shape index (κ1) is 16.8. The molecule has 0 aliphatic rings. The minimum absolute atomic E-state index is 0.223. The number of carbonyl (C=O) groups excluding carboxylic acids is 1. The smallest absolute Gasteiger partial charge is 0.273 e. The van der Waals surface area contributed by atoms with Crippen LogP contribution in [0.2, 0.25) is 0 Å². The zero-order valence-electron chi connectivity index (χ0n) is 14.0. The van der Waals surface area contributed by atoms with E-state index in [4.69, 9.17) is 0 Å². The quantitative estimate of drug-likeness (QED) is 0.715. The Morgan fingerprint density at radius 2 is 2.08 bits per heavy atom. The van der Waals surface area contributed by atoms with Gasteiger partial charge >= 0.3 is 0 Å². The molecule has 0 saturated carbocycles. The van der Waals surface area contributed by atoms with Gasteiger partial charge in [-0.25, -0.2) is 9.97 Å². The molecule has 3 aromatic rings. The Kier molecular flexibility index (Phi) is 5.46. The fourth-order valence-corrected chi connectivity index (χ4v) is 2.50. The van der Waals surface area contributed by atoms with Crippen molar-refractivity contribution in [3.05, 3.63) is 72.1 Å². The maximum absolute atomic E-state index is 12.3. The molecule has 128 valence electrons. The number of carbonyl (C=O) groups is 1. The van der Waals surface area contributed by atoms with E-state index in [2.05, 4.69) is 37.7 Å². The second-order valence-corrected chi connectivity index (χ2v) is 5.79. The Bertz CT molecular complexity index is 803. The summed E-state index contributed by atoms with van der Waals surface area (Å²) in [6.07, 6.45) is 6.68. The van der Waals surface area contributed by atoms with Crippen LogP contribution < -0.4 is 5.32 Å². The summed E-state index contributed by atoms with van der Waals surface area (Å²) in [4.78, 5) is 20.3. The SMILES string of the molecule is C[C@H](NC(=O)c1cn(CCCc2ccccc2)nn1)c1ccncn1. The minimum Gasteiger partial charge on any atom is -0.342 e. The lowest BCUT2D eigenvalue weighted by Crippen LogP contribution is -2.27. The molecule has 0 saturated heterocycles. The summed E-state index contributed by atoms with van der Waals surface area (Å²) >= 11 is 0. The normalized spacial score (nSPS) is 11.9. The zero-order valence-corrected chi connectivity index (χ0v) is 14.0. The maximum Gasteiger partial charge on any atom is 0.273 e. The molecule has 25 heavy (non-hydrogen) atoms. The molecule has 7 heteroatoms. The van der Waals surface area contributed by atoms with Gasteiger partial charge < -0.3 is 5.32 Å². The van der Waals surface area contributed by atoms with E-state index in [1.165, 1.54) is 11.9 Å². The first-order valence-electron chi connectivity index (χ1n) is 8.23. The molecule has 2 aromatic heterocycles. The molecule has 2 heterocycles. The number of nitrogens with zero attached hydrogens (tertiary/aromatic N) is 5. The first-order valence-corrected chi connectivity index (χ1v) is 8.23. The average Bonchev–Trinajstić information content (AvgIpc) is 3.12. The highest BCUT2D eigenvalue weighted by molar-refractivity contribution is 5.92. The van der Waals surface area contributed by atoms with E-state index in [0.717, 1.165) is 25.1 Å². The number of hydrogen-bond donors (Lipinski definition) is 1. The van der Waals surface area contributed by atoms with Crippen LogP contribution in [0.5, 0.6) is 0 Å². The van der Waals surface area contributed by atoms with Crippen LogP contribution in [0.15, 0.2) is 55.1 Å². The van der Waals surface area contributed by atoms with E-state index in [1.807, 2.05) is 25.1 Å². The van der Waals surface area contributed by atoms with Crippen molar-refractivity contribution < 1.29 is 4.79 Å². The Hall–Kier alpha value is -3.09. The van der Waals surface area contributed by atoms with Gasteiger partial charge in [-0.3, -0.25) is 9.48 Å². The van der Waals surface area contributed by atoms with Crippen molar-refractivity contribution in [1.29, 1.82) is 0 Å². The molecule has 0 unspecified atom stereocenters. The van der Waals surface area contributed by atoms with E-state index in [1.54, 1.807) is 23.1 Å². The summed E-state index contributed by atoms with van der Waals surface area (Å²) in [6, 6.07) is 11.8. The predicted octanol–water partition coefficient (Wildman–Crippen LogP) is 2.19. The molecule has 0 radical (unpaired) electrons. The number of nitrogens with one attached hydrogen (secondary N) is 1. The van der Waals surface area contributed by atoms with E-state index in [-0.39, 0.29) is 11.9 Å². The van der Waals surface area contributed by atoms with Crippen LogP contribution >= 0.6 is 0 Å². The van der Waals surface area contributed by atoms with Crippen molar-refractivity contribution in [2.45, 2.75) is 32.4 Å².